The topological polar surface area (TPSA) is 52.0 Å². The monoisotopic (exact) mass is 260 g/mol. The third kappa shape index (κ3) is 2.93. The van der Waals surface area contributed by atoms with E-state index in [0.29, 0.717) is 0 Å². The van der Waals surface area contributed by atoms with Crippen molar-refractivity contribution in [3.8, 4) is 17.0 Å². The van der Waals surface area contributed by atoms with Crippen LogP contribution < -0.4 is 10.1 Å². The summed E-state index contributed by atoms with van der Waals surface area (Å²) < 4.78 is 7.23. The van der Waals surface area contributed by atoms with Gasteiger partial charge in [0.2, 0.25) is 0 Å². The standard InChI is InChI=1S/C14H20N4O/c1-4-7-18-14(10-16-17-18)13-6-5-12(19-3)8-11(13)9-15-2/h5-6,8,10,15H,4,7,9H2,1-3H3. The molecule has 102 valence electrons. The van der Waals surface area contributed by atoms with Gasteiger partial charge in [0.25, 0.3) is 0 Å². The molecule has 19 heavy (non-hydrogen) atoms. The van der Waals surface area contributed by atoms with Crippen LogP contribution in [-0.4, -0.2) is 29.2 Å². The van der Waals surface area contributed by atoms with Crippen molar-refractivity contribution in [1.29, 1.82) is 0 Å². The molecule has 1 N–H and O–H groups in total. The highest BCUT2D eigenvalue weighted by molar-refractivity contribution is 5.64. The number of nitrogens with zero attached hydrogens (tertiary/aromatic N) is 3. The lowest BCUT2D eigenvalue weighted by Gasteiger charge is -2.12. The van der Waals surface area contributed by atoms with Gasteiger partial charge in [0.1, 0.15) is 5.75 Å². The van der Waals surface area contributed by atoms with E-state index in [1.54, 1.807) is 7.11 Å². The summed E-state index contributed by atoms with van der Waals surface area (Å²) in [4.78, 5) is 0. The van der Waals surface area contributed by atoms with Crippen LogP contribution in [-0.2, 0) is 13.1 Å². The van der Waals surface area contributed by atoms with Crippen LogP contribution in [0.3, 0.4) is 0 Å². The second-order valence-corrected chi connectivity index (χ2v) is 4.40. The lowest BCUT2D eigenvalue weighted by Crippen LogP contribution is -2.08. The fraction of sp³-hybridized carbons (Fsp3) is 0.429. The molecule has 0 atom stereocenters. The normalized spacial score (nSPS) is 10.7. The Bertz CT molecular complexity index is 536. The van der Waals surface area contributed by atoms with E-state index in [1.165, 1.54) is 5.56 Å². The number of rotatable bonds is 6. The molecule has 1 aromatic heterocycles. The molecule has 0 fully saturated rings. The van der Waals surface area contributed by atoms with Gasteiger partial charge < -0.3 is 10.1 Å². The van der Waals surface area contributed by atoms with Crippen LogP contribution >= 0.6 is 0 Å². The van der Waals surface area contributed by atoms with Crippen LogP contribution in [0, 0.1) is 0 Å². The quantitative estimate of drug-likeness (QED) is 0.864. The molecule has 0 saturated carbocycles. The van der Waals surface area contributed by atoms with E-state index in [0.717, 1.165) is 36.5 Å². The van der Waals surface area contributed by atoms with Crippen LogP contribution in [0.4, 0.5) is 0 Å². The van der Waals surface area contributed by atoms with E-state index in [-0.39, 0.29) is 0 Å². The van der Waals surface area contributed by atoms with Gasteiger partial charge in [0, 0.05) is 18.7 Å². The predicted molar refractivity (Wildman–Crippen MR) is 75.1 cm³/mol. The second-order valence-electron chi connectivity index (χ2n) is 4.40. The fourth-order valence-corrected chi connectivity index (χ4v) is 2.13. The molecule has 0 aliphatic rings. The van der Waals surface area contributed by atoms with Crippen molar-refractivity contribution in [3.63, 3.8) is 0 Å². The van der Waals surface area contributed by atoms with Crippen LogP contribution in [0.2, 0.25) is 0 Å². The minimum atomic E-state index is 0.782. The number of benzene rings is 1. The zero-order valence-electron chi connectivity index (χ0n) is 11.7. The number of hydrogen-bond acceptors (Lipinski definition) is 4. The largest absolute Gasteiger partial charge is 0.497 e. The van der Waals surface area contributed by atoms with E-state index in [9.17, 15) is 0 Å². The number of hydrogen-bond donors (Lipinski definition) is 1. The summed E-state index contributed by atoms with van der Waals surface area (Å²) in [5.41, 5.74) is 3.38. The van der Waals surface area contributed by atoms with Crippen LogP contribution in [0.5, 0.6) is 5.75 Å². The lowest BCUT2D eigenvalue weighted by molar-refractivity contribution is 0.414. The third-order valence-corrected chi connectivity index (χ3v) is 3.01. The van der Waals surface area contributed by atoms with Crippen LogP contribution in [0.1, 0.15) is 18.9 Å². The molecule has 0 radical (unpaired) electrons. The highest BCUT2D eigenvalue weighted by Gasteiger charge is 2.11. The van der Waals surface area contributed by atoms with Crippen LogP contribution in [0.15, 0.2) is 24.4 Å². The number of aryl methyl sites for hydroxylation is 1. The van der Waals surface area contributed by atoms with Crippen molar-refractivity contribution < 1.29 is 4.74 Å². The maximum Gasteiger partial charge on any atom is 0.119 e. The van der Waals surface area contributed by atoms with Gasteiger partial charge in [-0.3, -0.25) is 0 Å². The SMILES string of the molecule is CCCn1nncc1-c1ccc(OC)cc1CNC. The Hall–Kier alpha value is -1.88. The molecule has 0 unspecified atom stereocenters. The van der Waals surface area contributed by atoms with E-state index < -0.39 is 0 Å². The van der Waals surface area contributed by atoms with Crippen molar-refractivity contribution >= 4 is 0 Å². The number of methoxy groups -OCH3 is 1. The van der Waals surface area contributed by atoms with Crippen molar-refractivity contribution in [2.75, 3.05) is 14.2 Å². The molecule has 0 spiro atoms. The summed E-state index contributed by atoms with van der Waals surface area (Å²) >= 11 is 0. The molecule has 0 amide bonds. The number of ether oxygens (including phenoxy) is 1. The van der Waals surface area contributed by atoms with E-state index >= 15 is 0 Å². The molecule has 2 aromatic rings. The predicted octanol–water partition coefficient (Wildman–Crippen LogP) is 2.08. The first-order chi connectivity index (χ1) is 9.30. The molecule has 1 heterocycles. The smallest absolute Gasteiger partial charge is 0.119 e. The summed E-state index contributed by atoms with van der Waals surface area (Å²) in [5.74, 6) is 0.864. The number of nitrogens with one attached hydrogen (secondary N) is 1. The molecular weight excluding hydrogens is 240 g/mol. The maximum absolute atomic E-state index is 5.29. The average molecular weight is 260 g/mol. The van der Waals surface area contributed by atoms with E-state index in [2.05, 4.69) is 34.7 Å². The Labute approximate surface area is 113 Å². The molecule has 0 bridgehead atoms. The molecule has 0 aliphatic heterocycles. The average Bonchev–Trinajstić information content (AvgIpc) is 2.87. The second kappa shape index (κ2) is 6.33. The maximum atomic E-state index is 5.29. The van der Waals surface area contributed by atoms with Crippen molar-refractivity contribution in [2.24, 2.45) is 0 Å². The molecule has 0 aliphatic carbocycles. The first-order valence-electron chi connectivity index (χ1n) is 6.50. The van der Waals surface area contributed by atoms with E-state index in [4.69, 9.17) is 4.74 Å². The first kappa shape index (κ1) is 13.5. The molecule has 1 aromatic carbocycles. The van der Waals surface area contributed by atoms with Gasteiger partial charge in [-0.25, -0.2) is 4.68 Å². The Morgan fingerprint density at radius 3 is 2.89 bits per heavy atom. The van der Waals surface area contributed by atoms with Crippen LogP contribution in [0.25, 0.3) is 11.3 Å². The van der Waals surface area contributed by atoms with Gasteiger partial charge in [-0.2, -0.15) is 0 Å². The number of aromatic nitrogens is 3. The van der Waals surface area contributed by atoms with Crippen molar-refractivity contribution in [3.05, 3.63) is 30.0 Å². The minimum absolute atomic E-state index is 0.782. The Morgan fingerprint density at radius 1 is 1.37 bits per heavy atom. The van der Waals surface area contributed by atoms with Crippen molar-refractivity contribution in [1.82, 2.24) is 20.3 Å². The highest BCUT2D eigenvalue weighted by atomic mass is 16.5. The van der Waals surface area contributed by atoms with Gasteiger partial charge in [0.15, 0.2) is 0 Å². The van der Waals surface area contributed by atoms with Gasteiger partial charge in [-0.15, -0.1) is 5.10 Å². The summed E-state index contributed by atoms with van der Waals surface area (Å²) in [7, 11) is 3.62. The molecule has 0 saturated heterocycles. The summed E-state index contributed by atoms with van der Waals surface area (Å²) in [6, 6.07) is 6.09. The Balaban J connectivity index is 2.44. The zero-order valence-corrected chi connectivity index (χ0v) is 11.7. The van der Waals surface area contributed by atoms with Gasteiger partial charge in [-0.05, 0) is 37.2 Å². The Kier molecular flexibility index (Phi) is 4.52. The van der Waals surface area contributed by atoms with E-state index in [1.807, 2.05) is 24.0 Å². The van der Waals surface area contributed by atoms with Gasteiger partial charge in [-0.1, -0.05) is 12.1 Å². The Morgan fingerprint density at radius 2 is 2.21 bits per heavy atom. The zero-order chi connectivity index (χ0) is 13.7. The highest BCUT2D eigenvalue weighted by Crippen LogP contribution is 2.27. The molecule has 5 heteroatoms. The van der Waals surface area contributed by atoms with Gasteiger partial charge in [0.05, 0.1) is 19.0 Å². The molecule has 5 nitrogen and oxygen atoms in total. The summed E-state index contributed by atoms with van der Waals surface area (Å²) in [6.45, 7) is 3.79. The molecular formula is C14H20N4O. The molecule has 2 rings (SSSR count). The van der Waals surface area contributed by atoms with Gasteiger partial charge >= 0.3 is 0 Å². The van der Waals surface area contributed by atoms with Crippen molar-refractivity contribution in [2.45, 2.75) is 26.4 Å². The fourth-order valence-electron chi connectivity index (χ4n) is 2.13. The third-order valence-electron chi connectivity index (χ3n) is 3.01. The summed E-state index contributed by atoms with van der Waals surface area (Å²) in [5, 5.41) is 11.3. The minimum Gasteiger partial charge on any atom is -0.497 e. The summed E-state index contributed by atoms with van der Waals surface area (Å²) in [6.07, 6.45) is 2.85. The first-order valence-corrected chi connectivity index (χ1v) is 6.50. The lowest BCUT2D eigenvalue weighted by atomic mass is 10.0.